The van der Waals surface area contributed by atoms with E-state index in [1.165, 1.54) is 44.2 Å². The molecule has 2 heteroatoms. The summed E-state index contributed by atoms with van der Waals surface area (Å²) < 4.78 is 0. The zero-order valence-electron chi connectivity index (χ0n) is 13.1. The molecule has 0 aromatic heterocycles. The fourth-order valence-electron chi connectivity index (χ4n) is 3.49. The molecule has 2 atom stereocenters. The van der Waals surface area contributed by atoms with Crippen molar-refractivity contribution >= 4 is 0 Å². The highest BCUT2D eigenvalue weighted by molar-refractivity contribution is 5.25. The fraction of sp³-hybridized carbons (Fsp3) is 0.667. The maximum Gasteiger partial charge on any atom is 0.0174 e. The number of piperidine rings is 1. The third-order valence-electron chi connectivity index (χ3n) is 4.84. The molecular weight excluding hydrogens is 244 g/mol. The zero-order chi connectivity index (χ0) is 14.4. The van der Waals surface area contributed by atoms with E-state index >= 15 is 0 Å². The van der Waals surface area contributed by atoms with Crippen molar-refractivity contribution in [1.29, 1.82) is 0 Å². The second-order valence-corrected chi connectivity index (χ2v) is 6.54. The van der Waals surface area contributed by atoms with E-state index in [1.807, 2.05) is 0 Å². The van der Waals surface area contributed by atoms with Crippen LogP contribution in [0.3, 0.4) is 0 Å². The third kappa shape index (κ3) is 3.62. The van der Waals surface area contributed by atoms with Crippen LogP contribution < -0.4 is 5.73 Å². The van der Waals surface area contributed by atoms with Gasteiger partial charge in [-0.2, -0.15) is 0 Å². The molecule has 1 aromatic carbocycles. The average Bonchev–Trinajstić information content (AvgIpc) is 2.50. The Balaban J connectivity index is 2.11. The summed E-state index contributed by atoms with van der Waals surface area (Å²) in [6.45, 7) is 7.67. The van der Waals surface area contributed by atoms with Gasteiger partial charge in [0.1, 0.15) is 0 Å². The van der Waals surface area contributed by atoms with Crippen LogP contribution >= 0.6 is 0 Å². The molecule has 2 nitrogen and oxygen atoms in total. The molecule has 1 aliphatic heterocycles. The second kappa shape index (κ2) is 7.24. The van der Waals surface area contributed by atoms with Crippen LogP contribution in [0.2, 0.25) is 0 Å². The smallest absolute Gasteiger partial charge is 0.0174 e. The molecule has 0 bridgehead atoms. The average molecular weight is 274 g/mol. The van der Waals surface area contributed by atoms with Crippen LogP contribution in [0.4, 0.5) is 0 Å². The molecule has 1 heterocycles. The molecule has 0 amide bonds. The van der Waals surface area contributed by atoms with Crippen molar-refractivity contribution in [2.24, 2.45) is 5.73 Å². The van der Waals surface area contributed by atoms with Gasteiger partial charge in [-0.25, -0.2) is 0 Å². The van der Waals surface area contributed by atoms with Crippen LogP contribution in [0.5, 0.6) is 0 Å². The van der Waals surface area contributed by atoms with E-state index in [0.717, 1.165) is 12.6 Å². The summed E-state index contributed by atoms with van der Waals surface area (Å²) in [4.78, 5) is 2.70. The highest BCUT2D eigenvalue weighted by Gasteiger charge is 2.31. The van der Waals surface area contributed by atoms with E-state index in [-0.39, 0.29) is 5.41 Å². The first-order chi connectivity index (χ1) is 9.69. The molecule has 20 heavy (non-hydrogen) atoms. The lowest BCUT2D eigenvalue weighted by Gasteiger charge is -2.42. The molecular formula is C18H30N2. The van der Waals surface area contributed by atoms with Crippen molar-refractivity contribution in [1.82, 2.24) is 4.90 Å². The quantitative estimate of drug-likeness (QED) is 0.859. The van der Waals surface area contributed by atoms with Crippen molar-refractivity contribution < 1.29 is 0 Å². The molecule has 2 rings (SSSR count). The monoisotopic (exact) mass is 274 g/mol. The van der Waals surface area contributed by atoms with Crippen molar-refractivity contribution in [3.8, 4) is 0 Å². The van der Waals surface area contributed by atoms with Crippen LogP contribution in [0.25, 0.3) is 0 Å². The van der Waals surface area contributed by atoms with Crippen LogP contribution in [0, 0.1) is 0 Å². The van der Waals surface area contributed by atoms with Crippen molar-refractivity contribution in [2.75, 3.05) is 19.6 Å². The number of rotatable bonds is 6. The zero-order valence-corrected chi connectivity index (χ0v) is 13.1. The Kier molecular flexibility index (Phi) is 5.62. The SMILES string of the molecule is CCCC1CCCCN1CC(C)(CN)c1ccccc1. The fourth-order valence-corrected chi connectivity index (χ4v) is 3.49. The van der Waals surface area contributed by atoms with Gasteiger partial charge in [0.2, 0.25) is 0 Å². The van der Waals surface area contributed by atoms with Crippen molar-refractivity contribution in [3.05, 3.63) is 35.9 Å². The Labute approximate surface area is 124 Å². The lowest BCUT2D eigenvalue weighted by atomic mass is 9.81. The molecule has 0 aliphatic carbocycles. The topological polar surface area (TPSA) is 29.3 Å². The van der Waals surface area contributed by atoms with Gasteiger partial charge in [-0.05, 0) is 31.4 Å². The van der Waals surface area contributed by atoms with Crippen LogP contribution in [-0.2, 0) is 5.41 Å². The van der Waals surface area contributed by atoms with Gasteiger partial charge in [0.15, 0.2) is 0 Å². The van der Waals surface area contributed by atoms with E-state index in [9.17, 15) is 0 Å². The van der Waals surface area contributed by atoms with Crippen molar-refractivity contribution in [3.63, 3.8) is 0 Å². The molecule has 1 aromatic rings. The van der Waals surface area contributed by atoms with Gasteiger partial charge in [-0.1, -0.05) is 57.0 Å². The lowest BCUT2D eigenvalue weighted by Crippen LogP contribution is -2.49. The van der Waals surface area contributed by atoms with Gasteiger partial charge < -0.3 is 5.73 Å². The van der Waals surface area contributed by atoms with Crippen molar-refractivity contribution in [2.45, 2.75) is 57.4 Å². The first kappa shape index (κ1) is 15.5. The summed E-state index contributed by atoms with van der Waals surface area (Å²) in [7, 11) is 0. The van der Waals surface area contributed by atoms with E-state index in [0.29, 0.717) is 6.54 Å². The molecule has 0 spiro atoms. The number of hydrogen-bond donors (Lipinski definition) is 1. The first-order valence-electron chi connectivity index (χ1n) is 8.19. The van der Waals surface area contributed by atoms with E-state index in [2.05, 4.69) is 49.1 Å². The number of nitrogens with two attached hydrogens (primary N) is 1. The summed E-state index contributed by atoms with van der Waals surface area (Å²) >= 11 is 0. The molecule has 1 saturated heterocycles. The standard InChI is InChI=1S/C18H30N2/c1-3-9-17-12-7-8-13-20(17)15-18(2,14-19)16-10-5-4-6-11-16/h4-6,10-11,17H,3,7-9,12-15,19H2,1-2H3. The Hall–Kier alpha value is -0.860. The minimum atomic E-state index is 0.0740. The minimum absolute atomic E-state index is 0.0740. The highest BCUT2D eigenvalue weighted by Crippen LogP contribution is 2.28. The Morgan fingerprint density at radius 1 is 1.25 bits per heavy atom. The van der Waals surface area contributed by atoms with E-state index < -0.39 is 0 Å². The number of likely N-dealkylation sites (tertiary alicyclic amines) is 1. The van der Waals surface area contributed by atoms with Gasteiger partial charge >= 0.3 is 0 Å². The number of hydrogen-bond acceptors (Lipinski definition) is 2. The third-order valence-corrected chi connectivity index (χ3v) is 4.84. The van der Waals surface area contributed by atoms with Gasteiger partial charge in [0.05, 0.1) is 0 Å². The van der Waals surface area contributed by atoms with Gasteiger partial charge in [-0.3, -0.25) is 4.90 Å². The van der Waals surface area contributed by atoms with Crippen LogP contribution in [-0.4, -0.2) is 30.6 Å². The second-order valence-electron chi connectivity index (χ2n) is 6.54. The maximum absolute atomic E-state index is 6.15. The molecule has 1 fully saturated rings. The van der Waals surface area contributed by atoms with E-state index in [1.54, 1.807) is 0 Å². The van der Waals surface area contributed by atoms with Gasteiger partial charge in [0.25, 0.3) is 0 Å². The summed E-state index contributed by atoms with van der Waals surface area (Å²) in [5.74, 6) is 0. The maximum atomic E-state index is 6.15. The predicted molar refractivity (Wildman–Crippen MR) is 87.0 cm³/mol. The predicted octanol–water partition coefficient (Wildman–Crippen LogP) is 3.56. The summed E-state index contributed by atoms with van der Waals surface area (Å²) in [6, 6.07) is 11.6. The van der Waals surface area contributed by atoms with Crippen LogP contribution in [0.1, 0.15) is 51.5 Å². The number of nitrogens with zero attached hydrogens (tertiary/aromatic N) is 1. The van der Waals surface area contributed by atoms with Gasteiger partial charge in [-0.15, -0.1) is 0 Å². The molecule has 0 radical (unpaired) electrons. The summed E-state index contributed by atoms with van der Waals surface area (Å²) in [5.41, 5.74) is 7.60. The number of benzene rings is 1. The molecule has 1 aliphatic rings. The van der Waals surface area contributed by atoms with Crippen LogP contribution in [0.15, 0.2) is 30.3 Å². The van der Waals surface area contributed by atoms with E-state index in [4.69, 9.17) is 5.73 Å². The summed E-state index contributed by atoms with van der Waals surface area (Å²) in [6.07, 6.45) is 6.71. The Morgan fingerprint density at radius 2 is 2.00 bits per heavy atom. The molecule has 2 unspecified atom stereocenters. The highest BCUT2D eigenvalue weighted by atomic mass is 15.2. The molecule has 2 N–H and O–H groups in total. The molecule has 112 valence electrons. The molecule has 0 saturated carbocycles. The lowest BCUT2D eigenvalue weighted by molar-refractivity contribution is 0.111. The summed E-state index contributed by atoms with van der Waals surface area (Å²) in [5, 5.41) is 0. The largest absolute Gasteiger partial charge is 0.330 e. The minimum Gasteiger partial charge on any atom is -0.330 e. The first-order valence-corrected chi connectivity index (χ1v) is 8.19. The Morgan fingerprint density at radius 3 is 2.65 bits per heavy atom. The van der Waals surface area contributed by atoms with Gasteiger partial charge in [0, 0.05) is 24.5 Å². The Bertz CT molecular complexity index is 388. The normalized spacial score (nSPS) is 23.4.